The van der Waals surface area contributed by atoms with Crippen molar-refractivity contribution in [2.45, 2.75) is 53.6 Å². The van der Waals surface area contributed by atoms with Crippen molar-refractivity contribution in [1.82, 2.24) is 24.4 Å². The average Bonchev–Trinajstić information content (AvgIpc) is 3.45. The molecule has 3 aromatic heterocycles. The summed E-state index contributed by atoms with van der Waals surface area (Å²) in [5.74, 6) is 1.77. The lowest BCUT2D eigenvalue weighted by atomic mass is 10.1. The molecule has 0 bridgehead atoms. The first-order valence-corrected chi connectivity index (χ1v) is 12.9. The van der Waals surface area contributed by atoms with Gasteiger partial charge in [0, 0.05) is 40.8 Å². The van der Waals surface area contributed by atoms with Gasteiger partial charge in [0.2, 0.25) is 0 Å². The van der Waals surface area contributed by atoms with E-state index in [1.807, 2.05) is 67.9 Å². The van der Waals surface area contributed by atoms with Crippen molar-refractivity contribution in [2.24, 2.45) is 0 Å². The Morgan fingerprint density at radius 1 is 1.18 bits per heavy atom. The molecule has 1 atom stereocenters. The maximum atomic E-state index is 13.1. The summed E-state index contributed by atoms with van der Waals surface area (Å²) in [5, 5.41) is 8.71. The largest absolute Gasteiger partial charge is 0.360 e. The minimum absolute atomic E-state index is 0.0293. The van der Waals surface area contributed by atoms with Crippen LogP contribution in [0.15, 0.2) is 16.7 Å². The summed E-state index contributed by atoms with van der Waals surface area (Å²) < 4.78 is 32.8. The van der Waals surface area contributed by atoms with Crippen molar-refractivity contribution in [2.75, 3.05) is 25.1 Å². The van der Waals surface area contributed by atoms with Crippen LogP contribution in [-0.4, -0.2) is 63.7 Å². The molecule has 0 amide bonds. The van der Waals surface area contributed by atoms with Gasteiger partial charge in [0.15, 0.2) is 21.4 Å². The highest BCUT2D eigenvalue weighted by Gasteiger charge is 2.31. The van der Waals surface area contributed by atoms with E-state index in [2.05, 4.69) is 10.3 Å². The molecule has 3 aromatic rings. The lowest BCUT2D eigenvalue weighted by Gasteiger charge is -2.17. The number of carbonyl (C=O) groups is 1. The first-order chi connectivity index (χ1) is 15.5. The number of Topliss-reactive ketones (excluding diaryl/α,β-unsaturated/α-hetero) is 1. The van der Waals surface area contributed by atoms with Crippen LogP contribution in [0.4, 0.5) is 0 Å². The number of hydrogen-bond acceptors (Lipinski definition) is 7. The summed E-state index contributed by atoms with van der Waals surface area (Å²) in [7, 11) is -1.08. The van der Waals surface area contributed by atoms with E-state index < -0.39 is 9.84 Å². The van der Waals surface area contributed by atoms with Gasteiger partial charge in [-0.2, -0.15) is 5.10 Å². The summed E-state index contributed by atoms with van der Waals surface area (Å²) in [6.07, 6.45) is 0.596. The molecular formula is C23H31N5O4S. The molecule has 1 saturated heterocycles. The number of nitrogens with zero attached hydrogens (tertiary/aromatic N) is 5. The van der Waals surface area contributed by atoms with Crippen LogP contribution in [0, 0.1) is 34.6 Å². The van der Waals surface area contributed by atoms with E-state index in [0.717, 1.165) is 28.3 Å². The third-order valence-electron chi connectivity index (χ3n) is 6.45. The van der Waals surface area contributed by atoms with Gasteiger partial charge in [0.05, 0.1) is 29.8 Å². The lowest BCUT2D eigenvalue weighted by Crippen LogP contribution is -2.26. The zero-order valence-electron chi connectivity index (χ0n) is 20.0. The van der Waals surface area contributed by atoms with Crippen LogP contribution in [0.25, 0.3) is 5.82 Å². The molecule has 10 heteroatoms. The van der Waals surface area contributed by atoms with Crippen molar-refractivity contribution in [3.63, 3.8) is 0 Å². The second-order valence-corrected chi connectivity index (χ2v) is 11.4. The average molecular weight is 474 g/mol. The van der Waals surface area contributed by atoms with Crippen molar-refractivity contribution in [3.05, 3.63) is 51.8 Å². The highest BCUT2D eigenvalue weighted by Crippen LogP contribution is 2.27. The molecule has 0 aromatic carbocycles. The Labute approximate surface area is 194 Å². The van der Waals surface area contributed by atoms with Gasteiger partial charge in [-0.15, -0.1) is 0 Å². The predicted octanol–water partition coefficient (Wildman–Crippen LogP) is 2.88. The smallest absolute Gasteiger partial charge is 0.180 e. The van der Waals surface area contributed by atoms with E-state index >= 15 is 0 Å². The number of ketones is 1. The van der Waals surface area contributed by atoms with Gasteiger partial charge in [-0.25, -0.2) is 8.42 Å². The monoisotopic (exact) mass is 473 g/mol. The number of aromatic nitrogens is 4. The van der Waals surface area contributed by atoms with E-state index in [0.29, 0.717) is 30.1 Å². The van der Waals surface area contributed by atoms with Crippen LogP contribution < -0.4 is 0 Å². The SMILES string of the molecule is Cc1cc(-n2c(C)cc(C(=O)CN(C)Cc3c(C)nn([C@@H]4CCS(=O)(=O)C4)c3C)c2C)no1. The molecule has 1 aliphatic rings. The Morgan fingerprint density at radius 2 is 1.91 bits per heavy atom. The zero-order chi connectivity index (χ0) is 24.1. The van der Waals surface area contributed by atoms with E-state index in [1.54, 1.807) is 0 Å². The molecule has 0 N–H and O–H groups in total. The predicted molar refractivity (Wildman–Crippen MR) is 125 cm³/mol. The normalized spacial score (nSPS) is 17.8. The number of aryl methyl sites for hydroxylation is 3. The zero-order valence-corrected chi connectivity index (χ0v) is 20.9. The van der Waals surface area contributed by atoms with Crippen molar-refractivity contribution in [3.8, 4) is 5.82 Å². The summed E-state index contributed by atoms with van der Waals surface area (Å²) >= 11 is 0. The molecule has 1 fully saturated rings. The molecule has 9 nitrogen and oxygen atoms in total. The summed E-state index contributed by atoms with van der Waals surface area (Å²) in [5.41, 5.74) is 5.30. The Hall–Kier alpha value is -2.72. The van der Waals surface area contributed by atoms with Gasteiger partial charge >= 0.3 is 0 Å². The molecular weight excluding hydrogens is 442 g/mol. The first kappa shape index (κ1) is 23.4. The van der Waals surface area contributed by atoms with Gasteiger partial charge in [0.25, 0.3) is 0 Å². The fourth-order valence-electron chi connectivity index (χ4n) is 4.76. The highest BCUT2D eigenvalue weighted by molar-refractivity contribution is 7.91. The van der Waals surface area contributed by atoms with Gasteiger partial charge in [-0.05, 0) is 54.2 Å². The second-order valence-electron chi connectivity index (χ2n) is 9.16. The summed E-state index contributed by atoms with van der Waals surface area (Å²) in [6.45, 7) is 10.4. The van der Waals surface area contributed by atoms with Gasteiger partial charge < -0.3 is 4.52 Å². The molecule has 4 rings (SSSR count). The molecule has 33 heavy (non-hydrogen) atoms. The third kappa shape index (κ3) is 4.54. The van der Waals surface area contributed by atoms with E-state index in [4.69, 9.17) is 4.52 Å². The lowest BCUT2D eigenvalue weighted by molar-refractivity contribution is 0.0942. The highest BCUT2D eigenvalue weighted by atomic mass is 32.2. The standard InChI is InChI=1S/C23H31N5O4S/c1-14-9-20(17(4)27(14)23-10-15(2)32-25-23)22(29)12-26(6)11-21-16(3)24-28(18(21)5)19-7-8-33(30,31)13-19/h9-10,19H,7-8,11-13H2,1-6H3/t19-/m1/s1. The molecule has 4 heterocycles. The molecule has 1 aliphatic heterocycles. The van der Waals surface area contributed by atoms with Crippen LogP contribution in [0.1, 0.15) is 56.9 Å². The van der Waals surface area contributed by atoms with Gasteiger partial charge in [-0.1, -0.05) is 5.16 Å². The Bertz CT molecular complexity index is 1310. The third-order valence-corrected chi connectivity index (χ3v) is 8.20. The fourth-order valence-corrected chi connectivity index (χ4v) is 6.45. The minimum Gasteiger partial charge on any atom is -0.360 e. The number of rotatable bonds is 7. The van der Waals surface area contributed by atoms with Gasteiger partial charge in [0.1, 0.15) is 5.76 Å². The van der Waals surface area contributed by atoms with Crippen LogP contribution in [-0.2, 0) is 16.4 Å². The van der Waals surface area contributed by atoms with Crippen molar-refractivity contribution in [1.29, 1.82) is 0 Å². The second kappa shape index (κ2) is 8.57. The molecule has 0 radical (unpaired) electrons. The van der Waals surface area contributed by atoms with Gasteiger partial charge in [-0.3, -0.25) is 18.9 Å². The summed E-state index contributed by atoms with van der Waals surface area (Å²) in [6, 6.07) is 3.63. The Balaban J connectivity index is 1.49. The number of hydrogen-bond donors (Lipinski definition) is 0. The maximum Gasteiger partial charge on any atom is 0.180 e. The maximum absolute atomic E-state index is 13.1. The van der Waals surface area contributed by atoms with E-state index in [-0.39, 0.29) is 29.9 Å². The van der Waals surface area contributed by atoms with E-state index in [9.17, 15) is 13.2 Å². The number of likely N-dealkylation sites (N-methyl/N-ethyl adjacent to an activating group) is 1. The van der Waals surface area contributed by atoms with Crippen LogP contribution in [0.3, 0.4) is 0 Å². The quantitative estimate of drug-likeness (QED) is 0.486. The van der Waals surface area contributed by atoms with Crippen LogP contribution in [0.5, 0.6) is 0 Å². The Morgan fingerprint density at radius 3 is 2.52 bits per heavy atom. The number of sulfone groups is 1. The van der Waals surface area contributed by atoms with Crippen LogP contribution >= 0.6 is 0 Å². The van der Waals surface area contributed by atoms with Crippen LogP contribution in [0.2, 0.25) is 0 Å². The Kier molecular flexibility index (Phi) is 6.09. The minimum atomic E-state index is -2.99. The molecule has 0 aliphatic carbocycles. The molecule has 178 valence electrons. The van der Waals surface area contributed by atoms with E-state index in [1.165, 1.54) is 0 Å². The molecule has 0 saturated carbocycles. The van der Waals surface area contributed by atoms with Crippen molar-refractivity contribution >= 4 is 15.6 Å². The fraction of sp³-hybridized carbons (Fsp3) is 0.522. The first-order valence-electron chi connectivity index (χ1n) is 11.1. The molecule has 0 spiro atoms. The van der Waals surface area contributed by atoms with Crippen molar-refractivity contribution < 1.29 is 17.7 Å². The summed E-state index contributed by atoms with van der Waals surface area (Å²) in [4.78, 5) is 15.1. The topological polar surface area (TPSA) is 103 Å². The number of carbonyl (C=O) groups excluding carboxylic acids is 1. The molecule has 0 unspecified atom stereocenters.